The number of nitrogens with zero attached hydrogens (tertiary/aromatic N) is 2. The number of aromatic nitrogens is 2. The van der Waals surface area contributed by atoms with Gasteiger partial charge >= 0.3 is 11.9 Å². The molecule has 2 aromatic rings. The van der Waals surface area contributed by atoms with Gasteiger partial charge in [-0.15, -0.1) is 0 Å². The molecule has 3 aliphatic rings. The Morgan fingerprint density at radius 3 is 1.56 bits per heavy atom. The van der Waals surface area contributed by atoms with E-state index < -0.39 is 10.8 Å². The highest BCUT2D eigenvalue weighted by Gasteiger charge is 2.77. The number of carbonyl (C=O) groups excluding carboxylic acids is 2. The average molecular weight is 374 g/mol. The Hall–Kier alpha value is -2.32. The lowest BCUT2D eigenvalue weighted by Crippen LogP contribution is -2.71. The van der Waals surface area contributed by atoms with Gasteiger partial charge in [-0.3, -0.25) is 0 Å². The molecule has 3 aliphatic carbocycles. The molecule has 6 nitrogen and oxygen atoms in total. The second-order valence-corrected chi connectivity index (χ2v) is 7.41. The fraction of sp³-hybridized carbons (Fsp3) is 0.294. The summed E-state index contributed by atoms with van der Waals surface area (Å²) in [6.07, 6.45) is 4.47. The summed E-state index contributed by atoms with van der Waals surface area (Å²) in [6.45, 7) is 0. The molecule has 0 radical (unpaired) electrons. The van der Waals surface area contributed by atoms with Gasteiger partial charge in [0.15, 0.2) is 0 Å². The normalized spacial score (nSPS) is 26.1. The van der Waals surface area contributed by atoms with Gasteiger partial charge in [-0.05, 0) is 43.5 Å². The van der Waals surface area contributed by atoms with E-state index >= 15 is 0 Å². The fourth-order valence-corrected chi connectivity index (χ4v) is 3.92. The molecule has 3 fully saturated rings. The molecule has 2 heterocycles. The first-order valence-corrected chi connectivity index (χ1v) is 8.57. The van der Waals surface area contributed by atoms with Crippen LogP contribution in [0.3, 0.4) is 0 Å². The van der Waals surface area contributed by atoms with Crippen LogP contribution in [-0.4, -0.2) is 21.4 Å². The predicted octanol–water partition coefficient (Wildman–Crippen LogP) is 2.53. The maximum atomic E-state index is 12.4. The number of hydrogen-bond acceptors (Lipinski definition) is 6. The first-order chi connectivity index (χ1) is 11.9. The van der Waals surface area contributed by atoms with Gasteiger partial charge in [-0.1, -0.05) is 36.6 Å². The summed E-state index contributed by atoms with van der Waals surface area (Å²) in [7, 11) is 0. The van der Waals surface area contributed by atoms with Crippen LogP contribution in [0.1, 0.15) is 19.3 Å². The third kappa shape index (κ3) is 2.52. The van der Waals surface area contributed by atoms with Gasteiger partial charge in [0.1, 0.15) is 9.28 Å². The summed E-state index contributed by atoms with van der Waals surface area (Å²) in [4.78, 5) is 35.5. The van der Waals surface area contributed by atoms with E-state index in [-0.39, 0.29) is 11.9 Å². The van der Waals surface area contributed by atoms with Crippen molar-refractivity contribution >= 4 is 36.4 Å². The minimum absolute atomic E-state index is 0.360. The average Bonchev–Trinajstić information content (AvgIpc) is 2.49. The van der Waals surface area contributed by atoms with Crippen molar-refractivity contribution in [2.45, 2.75) is 19.3 Å². The van der Waals surface area contributed by atoms with E-state index in [1.165, 1.54) is 9.46 Å². The van der Waals surface area contributed by atoms with E-state index in [1.54, 1.807) is 48.8 Å². The summed E-state index contributed by atoms with van der Waals surface area (Å²) in [6, 6.07) is 10.3. The number of pyridine rings is 2. The van der Waals surface area contributed by atoms with Gasteiger partial charge in [0.25, 0.3) is 0 Å². The number of rotatable bonds is 4. The first-order valence-electron chi connectivity index (χ1n) is 7.75. The summed E-state index contributed by atoms with van der Waals surface area (Å²) in [5.74, 6) is -0.721. The zero-order valence-electron chi connectivity index (χ0n) is 13.1. The van der Waals surface area contributed by atoms with Crippen molar-refractivity contribution < 1.29 is 19.3 Å². The second kappa shape index (κ2) is 5.60. The van der Waals surface area contributed by atoms with Crippen molar-refractivity contribution in [3.05, 3.63) is 58.1 Å². The van der Waals surface area contributed by atoms with Gasteiger partial charge in [-0.25, -0.2) is 9.59 Å². The first kappa shape index (κ1) is 16.2. The zero-order valence-corrected chi connectivity index (χ0v) is 14.7. The van der Waals surface area contributed by atoms with Gasteiger partial charge < -0.3 is 9.68 Å². The van der Waals surface area contributed by atoms with E-state index in [0.29, 0.717) is 28.5 Å². The minimum Gasteiger partial charge on any atom is -0.335 e. The topological polar surface area (TPSA) is 62.5 Å². The van der Waals surface area contributed by atoms with Crippen LogP contribution in [0.2, 0.25) is 0 Å². The molecule has 0 spiro atoms. The Labute approximate surface area is 153 Å². The summed E-state index contributed by atoms with van der Waals surface area (Å²) >= 11 is 10.2. The molecule has 3 saturated carbocycles. The van der Waals surface area contributed by atoms with E-state index in [9.17, 15) is 9.59 Å². The number of carbonyl (C=O) groups is 2. The predicted molar refractivity (Wildman–Crippen MR) is 92.4 cm³/mol. The lowest BCUT2D eigenvalue weighted by molar-refractivity contribution is -0.237. The molecule has 0 atom stereocenters. The van der Waals surface area contributed by atoms with Gasteiger partial charge in [0.2, 0.25) is 0 Å². The Balaban J connectivity index is 1.41. The van der Waals surface area contributed by atoms with Crippen LogP contribution in [0.4, 0.5) is 0 Å². The molecular weight excluding hydrogens is 360 g/mol. The molecule has 8 heteroatoms. The Kier molecular flexibility index (Phi) is 3.62. The molecule has 0 amide bonds. The monoisotopic (exact) mass is 374 g/mol. The van der Waals surface area contributed by atoms with E-state index in [0.717, 1.165) is 0 Å². The highest BCUT2D eigenvalue weighted by molar-refractivity contribution is 7.71. The molecule has 2 aromatic heterocycles. The maximum absolute atomic E-state index is 12.4. The van der Waals surface area contributed by atoms with E-state index in [2.05, 4.69) is 0 Å². The molecule has 0 N–H and O–H groups in total. The fourth-order valence-electron chi connectivity index (χ4n) is 3.57. The van der Waals surface area contributed by atoms with Crippen LogP contribution < -0.4 is 9.68 Å². The van der Waals surface area contributed by atoms with Crippen molar-refractivity contribution in [3.8, 4) is 0 Å². The molecule has 128 valence electrons. The Bertz CT molecular complexity index is 897. The van der Waals surface area contributed by atoms with Crippen molar-refractivity contribution in [3.63, 3.8) is 0 Å². The van der Waals surface area contributed by atoms with Crippen molar-refractivity contribution in [2.75, 3.05) is 0 Å². The Morgan fingerprint density at radius 1 is 0.800 bits per heavy atom. The van der Waals surface area contributed by atoms with Crippen LogP contribution in [0.15, 0.2) is 48.8 Å². The molecule has 0 saturated heterocycles. The zero-order chi connectivity index (χ0) is 17.7. The lowest BCUT2D eigenvalue weighted by Gasteiger charge is -2.65. The van der Waals surface area contributed by atoms with Crippen LogP contribution >= 0.6 is 24.4 Å². The van der Waals surface area contributed by atoms with Crippen LogP contribution in [0.5, 0.6) is 0 Å². The summed E-state index contributed by atoms with van der Waals surface area (Å²) < 4.78 is 3.36. The van der Waals surface area contributed by atoms with E-state index in [1.807, 2.05) is 0 Å². The van der Waals surface area contributed by atoms with E-state index in [4.69, 9.17) is 34.1 Å². The van der Waals surface area contributed by atoms with Crippen LogP contribution in [0.25, 0.3) is 0 Å². The quantitative estimate of drug-likeness (QED) is 0.767. The smallest absolute Gasteiger partial charge is 0.335 e. The van der Waals surface area contributed by atoms with Crippen LogP contribution in [0, 0.1) is 20.1 Å². The standard InChI is InChI=1S/C17H14N2O4S2/c20-14(22-18-7-3-1-5-12(18)24)16-9-17(10-16,11-16)15(21)23-19-8-4-2-6-13(19)25/h1-8H,9-11H2. The third-order valence-electron chi connectivity index (χ3n) is 4.84. The van der Waals surface area contributed by atoms with Crippen molar-refractivity contribution in [1.29, 1.82) is 0 Å². The van der Waals surface area contributed by atoms with Gasteiger partial charge in [-0.2, -0.15) is 9.46 Å². The van der Waals surface area contributed by atoms with Crippen molar-refractivity contribution in [2.24, 2.45) is 10.8 Å². The Morgan fingerprint density at radius 2 is 1.20 bits per heavy atom. The molecule has 0 unspecified atom stereocenters. The molecule has 2 bridgehead atoms. The molecule has 0 aliphatic heterocycles. The lowest BCUT2D eigenvalue weighted by atomic mass is 9.35. The molecule has 25 heavy (non-hydrogen) atoms. The summed E-state index contributed by atoms with van der Waals surface area (Å²) in [5.41, 5.74) is -1.22. The third-order valence-corrected chi connectivity index (χ3v) is 5.47. The van der Waals surface area contributed by atoms with Gasteiger partial charge in [0, 0.05) is 12.4 Å². The molecule has 5 rings (SSSR count). The van der Waals surface area contributed by atoms with Crippen molar-refractivity contribution in [1.82, 2.24) is 9.46 Å². The molecule has 0 aromatic carbocycles. The van der Waals surface area contributed by atoms with Crippen LogP contribution in [-0.2, 0) is 9.59 Å². The molecular formula is C17H14N2O4S2. The minimum atomic E-state index is -0.609. The number of hydrogen-bond donors (Lipinski definition) is 0. The second-order valence-electron chi connectivity index (χ2n) is 6.58. The highest BCUT2D eigenvalue weighted by Crippen LogP contribution is 2.73. The summed E-state index contributed by atoms with van der Waals surface area (Å²) in [5, 5.41) is 0. The van der Waals surface area contributed by atoms with Gasteiger partial charge in [0.05, 0.1) is 10.8 Å². The maximum Gasteiger partial charge on any atom is 0.339 e. The highest BCUT2D eigenvalue weighted by atomic mass is 32.1. The SMILES string of the molecule is O=C(On1ccccc1=S)C12CC(C(=O)On3ccccc3=S)(C1)C2. The largest absolute Gasteiger partial charge is 0.339 e.